The molecule has 0 saturated heterocycles. The summed E-state index contributed by atoms with van der Waals surface area (Å²) in [6.07, 6.45) is 0.313. The van der Waals surface area contributed by atoms with Gasteiger partial charge >= 0.3 is 0 Å². The molecule has 22 heavy (non-hydrogen) atoms. The average molecular weight is 309 g/mol. The molecule has 2 aromatic rings. The van der Waals surface area contributed by atoms with Crippen LogP contribution in [0.15, 0.2) is 59.7 Å². The van der Waals surface area contributed by atoms with Crippen LogP contribution in [0.5, 0.6) is 0 Å². The molecule has 0 saturated carbocycles. The number of carbonyl (C=O) groups excluding carboxylic acids is 1. The zero-order valence-electron chi connectivity index (χ0n) is 11.9. The van der Waals surface area contributed by atoms with E-state index in [0.29, 0.717) is 18.1 Å². The van der Waals surface area contributed by atoms with Crippen molar-refractivity contribution in [2.24, 2.45) is 5.10 Å². The van der Waals surface area contributed by atoms with Crippen LogP contribution < -0.4 is 10.7 Å². The lowest BCUT2D eigenvalue weighted by Crippen LogP contribution is -2.32. The number of nitrogens with zero attached hydrogens (tertiary/aromatic N) is 1. The number of ketones is 1. The predicted octanol–water partition coefficient (Wildman–Crippen LogP) is 2.64. The molecule has 2 N–H and O–H groups in total. The maximum absolute atomic E-state index is 11.9. The van der Waals surface area contributed by atoms with Crippen molar-refractivity contribution in [3.8, 4) is 0 Å². The van der Waals surface area contributed by atoms with Crippen molar-refractivity contribution in [1.82, 2.24) is 10.7 Å². The van der Waals surface area contributed by atoms with Gasteiger partial charge in [-0.05, 0) is 17.8 Å². The molecule has 2 aromatic carbocycles. The van der Waals surface area contributed by atoms with E-state index in [1.807, 2.05) is 54.6 Å². The molecule has 5 heteroatoms. The smallest absolute Gasteiger partial charge is 0.187 e. The fourth-order valence-electron chi connectivity index (χ4n) is 2.36. The van der Waals surface area contributed by atoms with Crippen LogP contribution in [0.1, 0.15) is 27.9 Å². The number of benzene rings is 2. The van der Waals surface area contributed by atoms with E-state index in [2.05, 4.69) is 15.8 Å². The number of carbonyl (C=O) groups is 1. The second kappa shape index (κ2) is 6.49. The Labute approximate surface area is 134 Å². The Kier molecular flexibility index (Phi) is 4.25. The molecule has 0 amide bonds. The van der Waals surface area contributed by atoms with Gasteiger partial charge in [0.25, 0.3) is 0 Å². The number of Topliss-reactive ketones (excluding diaryl/α,β-unsaturated/α-hetero) is 1. The number of hydrogen-bond acceptors (Lipinski definition) is 3. The highest BCUT2D eigenvalue weighted by Gasteiger charge is 2.24. The summed E-state index contributed by atoms with van der Waals surface area (Å²) in [4.78, 5) is 11.9. The third-order valence-corrected chi connectivity index (χ3v) is 3.69. The molecule has 0 aromatic heterocycles. The van der Waals surface area contributed by atoms with Crippen molar-refractivity contribution in [2.45, 2.75) is 13.0 Å². The highest BCUT2D eigenvalue weighted by molar-refractivity contribution is 7.80. The van der Waals surface area contributed by atoms with Gasteiger partial charge in [-0.25, -0.2) is 0 Å². The van der Waals surface area contributed by atoms with Crippen LogP contribution in [0.3, 0.4) is 0 Å². The van der Waals surface area contributed by atoms with Gasteiger partial charge in [-0.3, -0.25) is 10.2 Å². The normalized spacial score (nSPS) is 14.7. The third-order valence-electron chi connectivity index (χ3n) is 3.45. The standard InChI is InChI=1S/C17H15N3OS/c21-16-10-15(13-8-4-5-9-14(13)16)19-20-17(22)18-11-12-6-2-1-3-7-12/h1-9H,10-11H2,(H2,18,20,22). The number of rotatable bonds is 3. The lowest BCUT2D eigenvalue weighted by atomic mass is 10.1. The number of fused-ring (bicyclic) bond motifs is 1. The first kappa shape index (κ1) is 14.4. The Morgan fingerprint density at radius 1 is 1.05 bits per heavy atom. The quantitative estimate of drug-likeness (QED) is 0.676. The van der Waals surface area contributed by atoms with E-state index in [1.165, 1.54) is 0 Å². The van der Waals surface area contributed by atoms with Crippen molar-refractivity contribution < 1.29 is 4.79 Å². The van der Waals surface area contributed by atoms with Gasteiger partial charge in [-0.15, -0.1) is 0 Å². The average Bonchev–Trinajstić information content (AvgIpc) is 2.89. The zero-order chi connectivity index (χ0) is 15.4. The molecular formula is C17H15N3OS. The van der Waals surface area contributed by atoms with E-state index in [9.17, 15) is 4.79 Å². The van der Waals surface area contributed by atoms with Crippen molar-refractivity contribution in [3.05, 3.63) is 71.3 Å². The van der Waals surface area contributed by atoms with Crippen LogP contribution in [0.2, 0.25) is 0 Å². The predicted molar refractivity (Wildman–Crippen MR) is 90.9 cm³/mol. The second-order valence-corrected chi connectivity index (χ2v) is 5.39. The SMILES string of the molecule is O=C1CC(=NNC(=S)NCc2ccccc2)c2ccccc21. The van der Waals surface area contributed by atoms with E-state index in [1.54, 1.807) is 0 Å². The molecule has 110 valence electrons. The molecule has 0 atom stereocenters. The molecule has 0 heterocycles. The lowest BCUT2D eigenvalue weighted by molar-refractivity contribution is 0.101. The first-order chi connectivity index (χ1) is 10.7. The van der Waals surface area contributed by atoms with Crippen LogP contribution in [-0.4, -0.2) is 16.6 Å². The van der Waals surface area contributed by atoms with E-state index in [0.717, 1.165) is 22.4 Å². The van der Waals surface area contributed by atoms with E-state index in [-0.39, 0.29) is 5.78 Å². The fourth-order valence-corrected chi connectivity index (χ4v) is 2.47. The summed E-state index contributed by atoms with van der Waals surface area (Å²) in [5.41, 5.74) is 6.29. The zero-order valence-corrected chi connectivity index (χ0v) is 12.7. The van der Waals surface area contributed by atoms with Gasteiger partial charge in [0, 0.05) is 17.7 Å². The van der Waals surface area contributed by atoms with Crippen molar-refractivity contribution >= 4 is 28.8 Å². The van der Waals surface area contributed by atoms with E-state index < -0.39 is 0 Å². The van der Waals surface area contributed by atoms with E-state index in [4.69, 9.17) is 12.2 Å². The second-order valence-electron chi connectivity index (χ2n) is 4.98. The van der Waals surface area contributed by atoms with Crippen LogP contribution in [-0.2, 0) is 6.54 Å². The van der Waals surface area contributed by atoms with Crippen molar-refractivity contribution in [1.29, 1.82) is 0 Å². The molecule has 0 radical (unpaired) electrons. The minimum atomic E-state index is 0.0966. The third kappa shape index (κ3) is 3.20. The highest BCUT2D eigenvalue weighted by Crippen LogP contribution is 2.21. The lowest BCUT2D eigenvalue weighted by Gasteiger charge is -2.07. The summed E-state index contributed by atoms with van der Waals surface area (Å²) in [6.45, 7) is 0.632. The number of thiocarbonyl (C=S) groups is 1. The molecule has 0 aliphatic heterocycles. The highest BCUT2D eigenvalue weighted by atomic mass is 32.1. The maximum atomic E-state index is 11.9. The molecule has 0 fully saturated rings. The summed E-state index contributed by atoms with van der Waals surface area (Å²) < 4.78 is 0. The summed E-state index contributed by atoms with van der Waals surface area (Å²) in [5.74, 6) is 0.0966. The first-order valence-electron chi connectivity index (χ1n) is 7.01. The van der Waals surface area contributed by atoms with Crippen LogP contribution in [0.4, 0.5) is 0 Å². The first-order valence-corrected chi connectivity index (χ1v) is 7.42. The summed E-state index contributed by atoms with van der Waals surface area (Å²) >= 11 is 5.20. The van der Waals surface area contributed by atoms with Gasteiger partial charge in [0.1, 0.15) is 0 Å². The Hall–Kier alpha value is -2.53. The van der Waals surface area contributed by atoms with Crippen molar-refractivity contribution in [3.63, 3.8) is 0 Å². The molecule has 1 aliphatic rings. The van der Waals surface area contributed by atoms with Gasteiger partial charge < -0.3 is 5.32 Å². The van der Waals surface area contributed by atoms with Gasteiger partial charge in [-0.1, -0.05) is 54.6 Å². The fraction of sp³-hybridized carbons (Fsp3) is 0.118. The van der Waals surface area contributed by atoms with Crippen LogP contribution in [0, 0.1) is 0 Å². The van der Waals surface area contributed by atoms with Gasteiger partial charge in [0.15, 0.2) is 10.9 Å². The molecule has 0 spiro atoms. The number of hydrogen-bond donors (Lipinski definition) is 2. The number of nitrogens with one attached hydrogen (secondary N) is 2. The molecule has 1 aliphatic carbocycles. The topological polar surface area (TPSA) is 53.5 Å². The Morgan fingerprint density at radius 2 is 1.73 bits per heavy atom. The Balaban J connectivity index is 1.60. The van der Waals surface area contributed by atoms with Gasteiger partial charge in [-0.2, -0.15) is 5.10 Å². The monoisotopic (exact) mass is 309 g/mol. The summed E-state index contributed by atoms with van der Waals surface area (Å²) in [7, 11) is 0. The van der Waals surface area contributed by atoms with Crippen LogP contribution >= 0.6 is 12.2 Å². The molecular weight excluding hydrogens is 294 g/mol. The largest absolute Gasteiger partial charge is 0.357 e. The van der Waals surface area contributed by atoms with Gasteiger partial charge in [0.05, 0.1) is 12.1 Å². The molecule has 3 rings (SSSR count). The minimum Gasteiger partial charge on any atom is -0.357 e. The molecule has 0 bridgehead atoms. The summed E-state index contributed by atoms with van der Waals surface area (Å²) in [5, 5.41) is 7.79. The summed E-state index contributed by atoms with van der Waals surface area (Å²) in [6, 6.07) is 17.5. The van der Waals surface area contributed by atoms with Crippen LogP contribution in [0.25, 0.3) is 0 Å². The minimum absolute atomic E-state index is 0.0966. The molecule has 0 unspecified atom stereocenters. The van der Waals surface area contributed by atoms with Crippen molar-refractivity contribution in [2.75, 3.05) is 0 Å². The van der Waals surface area contributed by atoms with Gasteiger partial charge in [0.2, 0.25) is 0 Å². The molecule has 4 nitrogen and oxygen atoms in total. The number of hydrazone groups is 1. The van der Waals surface area contributed by atoms with E-state index >= 15 is 0 Å². The Morgan fingerprint density at radius 3 is 2.50 bits per heavy atom. The Bertz CT molecular complexity index is 741. The maximum Gasteiger partial charge on any atom is 0.187 e.